The summed E-state index contributed by atoms with van der Waals surface area (Å²) in [5.74, 6) is 0.330. The minimum absolute atomic E-state index is 0.247. The first-order valence-corrected chi connectivity index (χ1v) is 6.36. The van der Waals surface area contributed by atoms with E-state index in [9.17, 15) is 5.11 Å². The van der Waals surface area contributed by atoms with Crippen LogP contribution in [0.5, 0.6) is 0 Å². The molecule has 2 atom stereocenters. The van der Waals surface area contributed by atoms with Crippen LogP contribution in [0.1, 0.15) is 11.3 Å². The van der Waals surface area contributed by atoms with Crippen LogP contribution in [0.2, 0.25) is 0 Å². The normalized spacial score (nSPS) is 24.0. The van der Waals surface area contributed by atoms with E-state index in [0.717, 1.165) is 23.2 Å². The second-order valence-corrected chi connectivity index (χ2v) is 6.15. The third-order valence-corrected chi connectivity index (χ3v) is 4.19. The lowest BCUT2D eigenvalue weighted by Gasteiger charge is -2.14. The van der Waals surface area contributed by atoms with Crippen LogP contribution in [-0.2, 0) is 11.2 Å². The first-order valence-electron chi connectivity index (χ1n) is 4.76. The van der Waals surface area contributed by atoms with Crippen molar-refractivity contribution in [2.24, 2.45) is 5.92 Å². The van der Waals surface area contributed by atoms with Gasteiger partial charge < -0.3 is 9.84 Å². The molecule has 0 aromatic carbocycles. The fourth-order valence-electron chi connectivity index (χ4n) is 1.69. The number of ether oxygens (including phenoxy) is 1. The number of hydrogen-bond donors (Lipinski definition) is 1. The molecule has 2 heterocycles. The molecule has 14 heavy (non-hydrogen) atoms. The molecule has 78 valence electrons. The van der Waals surface area contributed by atoms with Crippen molar-refractivity contribution in [3.63, 3.8) is 0 Å². The van der Waals surface area contributed by atoms with E-state index < -0.39 is 0 Å². The third-order valence-electron chi connectivity index (χ3n) is 2.55. The lowest BCUT2D eigenvalue weighted by molar-refractivity contribution is 0.0925. The minimum Gasteiger partial charge on any atom is -0.392 e. The molecule has 2 unspecified atom stereocenters. The zero-order valence-corrected chi connectivity index (χ0v) is 10.2. The second kappa shape index (κ2) is 4.75. The van der Waals surface area contributed by atoms with Crippen molar-refractivity contribution >= 4 is 27.3 Å². The van der Waals surface area contributed by atoms with Gasteiger partial charge in [0.25, 0.3) is 0 Å². The Morgan fingerprint density at radius 2 is 2.50 bits per heavy atom. The molecule has 2 nitrogen and oxygen atoms in total. The average molecular weight is 277 g/mol. The van der Waals surface area contributed by atoms with E-state index in [1.54, 1.807) is 11.3 Å². The highest BCUT2D eigenvalue weighted by Gasteiger charge is 2.24. The second-order valence-electron chi connectivity index (χ2n) is 3.60. The van der Waals surface area contributed by atoms with E-state index in [2.05, 4.69) is 22.0 Å². The molecule has 1 aromatic rings. The average Bonchev–Trinajstić information content (AvgIpc) is 2.75. The van der Waals surface area contributed by atoms with Crippen molar-refractivity contribution < 1.29 is 9.84 Å². The van der Waals surface area contributed by atoms with Crippen molar-refractivity contribution in [3.8, 4) is 0 Å². The fraction of sp³-hybridized carbons (Fsp3) is 0.600. The van der Waals surface area contributed by atoms with E-state index in [1.165, 1.54) is 4.88 Å². The summed E-state index contributed by atoms with van der Waals surface area (Å²) in [6.07, 6.45) is 1.50. The van der Waals surface area contributed by atoms with Gasteiger partial charge in [-0.2, -0.15) is 0 Å². The predicted octanol–water partition coefficient (Wildman–Crippen LogP) is 2.45. The first kappa shape index (κ1) is 10.6. The summed E-state index contributed by atoms with van der Waals surface area (Å²) in [5.41, 5.74) is 0. The Kier molecular flexibility index (Phi) is 3.60. The smallest absolute Gasteiger partial charge is 0.0701 e. The number of thiophene rings is 1. The molecule has 2 rings (SSSR count). The number of halogens is 1. The Morgan fingerprint density at radius 3 is 3.07 bits per heavy atom. The minimum atomic E-state index is -0.247. The van der Waals surface area contributed by atoms with E-state index in [-0.39, 0.29) is 6.10 Å². The maximum absolute atomic E-state index is 9.92. The lowest BCUT2D eigenvalue weighted by Crippen LogP contribution is -2.22. The van der Waals surface area contributed by atoms with Gasteiger partial charge in [-0.15, -0.1) is 11.3 Å². The summed E-state index contributed by atoms with van der Waals surface area (Å²) in [4.78, 5) is 1.23. The van der Waals surface area contributed by atoms with E-state index in [0.29, 0.717) is 12.5 Å². The molecule has 1 aliphatic heterocycles. The molecule has 0 saturated carbocycles. The molecular formula is C10H13BrO2S. The summed E-state index contributed by atoms with van der Waals surface area (Å²) < 4.78 is 6.38. The van der Waals surface area contributed by atoms with Gasteiger partial charge in [-0.05, 0) is 34.5 Å². The Balaban J connectivity index is 1.90. The Morgan fingerprint density at radius 1 is 1.64 bits per heavy atom. The van der Waals surface area contributed by atoms with Crippen molar-refractivity contribution in [2.45, 2.75) is 18.9 Å². The largest absolute Gasteiger partial charge is 0.392 e. The van der Waals surface area contributed by atoms with Crippen LogP contribution in [0.25, 0.3) is 0 Å². The quantitative estimate of drug-likeness (QED) is 0.919. The molecule has 0 radical (unpaired) electrons. The molecule has 1 N–H and O–H groups in total. The van der Waals surface area contributed by atoms with Gasteiger partial charge in [0.05, 0.1) is 16.5 Å². The van der Waals surface area contributed by atoms with Gasteiger partial charge in [-0.25, -0.2) is 0 Å². The summed E-state index contributed by atoms with van der Waals surface area (Å²) >= 11 is 5.11. The summed E-state index contributed by atoms with van der Waals surface area (Å²) in [6.45, 7) is 1.52. The third kappa shape index (κ3) is 2.57. The highest BCUT2D eigenvalue weighted by molar-refractivity contribution is 9.11. The molecule has 4 heteroatoms. The van der Waals surface area contributed by atoms with Crippen LogP contribution in [0.3, 0.4) is 0 Å². The van der Waals surface area contributed by atoms with Crippen molar-refractivity contribution in [1.82, 2.24) is 0 Å². The highest BCUT2D eigenvalue weighted by atomic mass is 79.9. The maximum atomic E-state index is 9.92. The molecule has 1 fully saturated rings. The van der Waals surface area contributed by atoms with Crippen LogP contribution in [0.4, 0.5) is 0 Å². The SMILES string of the molecule is OC(Cc1ccc(Br)s1)C1CCOC1. The molecule has 1 saturated heterocycles. The van der Waals surface area contributed by atoms with Crippen LogP contribution < -0.4 is 0 Å². The number of aliphatic hydroxyl groups is 1. The number of hydrogen-bond acceptors (Lipinski definition) is 3. The molecule has 0 spiro atoms. The lowest BCUT2D eigenvalue weighted by atomic mass is 9.99. The maximum Gasteiger partial charge on any atom is 0.0701 e. The van der Waals surface area contributed by atoms with Crippen molar-refractivity contribution in [2.75, 3.05) is 13.2 Å². The summed E-state index contributed by atoms with van der Waals surface area (Å²) in [6, 6.07) is 4.09. The Labute approximate surface area is 96.0 Å². The monoisotopic (exact) mass is 276 g/mol. The standard InChI is InChI=1S/C10H13BrO2S/c11-10-2-1-8(14-10)5-9(12)7-3-4-13-6-7/h1-2,7,9,12H,3-6H2. The van der Waals surface area contributed by atoms with Gasteiger partial charge in [-0.1, -0.05) is 0 Å². The number of rotatable bonds is 3. The van der Waals surface area contributed by atoms with Crippen LogP contribution >= 0.6 is 27.3 Å². The Hall–Kier alpha value is 0.1000. The molecule has 0 bridgehead atoms. The van der Waals surface area contributed by atoms with Crippen molar-refractivity contribution in [1.29, 1.82) is 0 Å². The number of aliphatic hydroxyl groups excluding tert-OH is 1. The highest BCUT2D eigenvalue weighted by Crippen LogP contribution is 2.26. The zero-order valence-electron chi connectivity index (χ0n) is 7.78. The van der Waals surface area contributed by atoms with Crippen LogP contribution in [-0.4, -0.2) is 24.4 Å². The van der Waals surface area contributed by atoms with E-state index in [1.807, 2.05) is 6.07 Å². The summed E-state index contributed by atoms with van der Waals surface area (Å²) in [7, 11) is 0. The van der Waals surface area contributed by atoms with Gasteiger partial charge in [0, 0.05) is 23.8 Å². The van der Waals surface area contributed by atoms with E-state index >= 15 is 0 Å². The van der Waals surface area contributed by atoms with E-state index in [4.69, 9.17) is 4.74 Å². The van der Waals surface area contributed by atoms with Crippen LogP contribution in [0, 0.1) is 5.92 Å². The molecule has 0 amide bonds. The fourth-order valence-corrected chi connectivity index (χ4v) is 3.22. The van der Waals surface area contributed by atoms with Gasteiger partial charge >= 0.3 is 0 Å². The molecular weight excluding hydrogens is 264 g/mol. The predicted molar refractivity (Wildman–Crippen MR) is 60.7 cm³/mol. The molecule has 0 aliphatic carbocycles. The van der Waals surface area contributed by atoms with Gasteiger partial charge in [-0.3, -0.25) is 0 Å². The molecule has 1 aliphatic rings. The Bertz CT molecular complexity index is 294. The zero-order chi connectivity index (χ0) is 9.97. The van der Waals surface area contributed by atoms with Crippen LogP contribution in [0.15, 0.2) is 15.9 Å². The van der Waals surface area contributed by atoms with Gasteiger partial charge in [0.15, 0.2) is 0 Å². The van der Waals surface area contributed by atoms with Gasteiger partial charge in [0.1, 0.15) is 0 Å². The van der Waals surface area contributed by atoms with Crippen molar-refractivity contribution in [3.05, 3.63) is 20.8 Å². The first-order chi connectivity index (χ1) is 6.75. The topological polar surface area (TPSA) is 29.5 Å². The summed E-state index contributed by atoms with van der Waals surface area (Å²) in [5, 5.41) is 9.92. The van der Waals surface area contributed by atoms with Gasteiger partial charge in [0.2, 0.25) is 0 Å². The molecule has 1 aromatic heterocycles.